The number of ether oxygens (including phenoxy) is 2. The Balaban J connectivity index is -0.000000525. The quantitative estimate of drug-likeness (QED) is 0.189. The Kier molecular flexibility index (Phi) is 41.0. The molecule has 49 heavy (non-hydrogen) atoms. The van der Waals surface area contributed by atoms with Gasteiger partial charge in [0.1, 0.15) is 0 Å². The smallest absolute Gasteiger partial charge is 0.0700 e. The summed E-state index contributed by atoms with van der Waals surface area (Å²) in [6, 6.07) is 0. The molecule has 0 radical (unpaired) electrons. The van der Waals surface area contributed by atoms with Gasteiger partial charge < -0.3 is 9.47 Å². The van der Waals surface area contributed by atoms with Crippen molar-refractivity contribution in [2.75, 3.05) is 26.4 Å². The Hall–Kier alpha value is -0.0800. The first kappa shape index (κ1) is 53.3. The van der Waals surface area contributed by atoms with Gasteiger partial charge in [-0.3, -0.25) is 0 Å². The first-order chi connectivity index (χ1) is 23.2. The van der Waals surface area contributed by atoms with Crippen LogP contribution in [-0.4, -0.2) is 26.4 Å². The van der Waals surface area contributed by atoms with Gasteiger partial charge in [0, 0.05) is 13.2 Å². The second kappa shape index (κ2) is 37.7. The zero-order chi connectivity index (χ0) is 37.9. The molecule has 0 saturated heterocycles. The molecule has 5 atom stereocenters. The number of unbranched alkanes of at least 4 members (excludes halogenated alkanes) is 2. The van der Waals surface area contributed by atoms with Gasteiger partial charge in [-0.15, -0.1) is 0 Å². The Morgan fingerprint density at radius 1 is 0.510 bits per heavy atom. The van der Waals surface area contributed by atoms with Gasteiger partial charge in [-0.2, -0.15) is 0 Å². The highest BCUT2D eigenvalue weighted by Gasteiger charge is 2.16. The van der Waals surface area contributed by atoms with Crippen molar-refractivity contribution in [1.29, 1.82) is 0 Å². The molecule has 0 N–H and O–H groups in total. The summed E-state index contributed by atoms with van der Waals surface area (Å²) in [6.45, 7) is 37.6. The largest absolute Gasteiger partial charge is 0.379 e. The van der Waals surface area contributed by atoms with Gasteiger partial charge in [0.2, 0.25) is 0 Å². The third kappa shape index (κ3) is 44.0. The molecule has 3 fully saturated rings. The van der Waals surface area contributed by atoms with Crippen LogP contribution in [0.3, 0.4) is 0 Å². The highest BCUT2D eigenvalue weighted by molar-refractivity contribution is 4.68. The summed E-state index contributed by atoms with van der Waals surface area (Å²) in [6.07, 6.45) is 27.8. The van der Waals surface area contributed by atoms with Crippen molar-refractivity contribution in [2.24, 2.45) is 46.8 Å². The van der Waals surface area contributed by atoms with Gasteiger partial charge in [0.15, 0.2) is 0 Å². The van der Waals surface area contributed by atoms with Crippen LogP contribution in [0.2, 0.25) is 0 Å². The van der Waals surface area contributed by atoms with E-state index in [2.05, 4.69) is 104 Å². The van der Waals surface area contributed by atoms with E-state index >= 15 is 0 Å². The summed E-state index contributed by atoms with van der Waals surface area (Å²) in [5.41, 5.74) is 0.542. The standard InChI is InChI=1S/C10H22O2.3C8H16.C7H16.C6H14/c1-3-5-7-11-9-10-12-8-6-4-2;1-7-3-5-8(2)6-4-7;1-7-4-3-5-8(2)6-7;1-7-5-3-4-6-8(7)2;1-4-6-7(3)5-2;1-5-6(2,3)4/h3-10H2,1-2H3;3*7-8H,3-6H2,1-2H3;7H,4-6H2,1-3H3;5H2,1-4H3. The van der Waals surface area contributed by atoms with Crippen molar-refractivity contribution >= 4 is 0 Å². The highest BCUT2D eigenvalue weighted by Crippen LogP contribution is 2.29. The minimum absolute atomic E-state index is 0.542. The summed E-state index contributed by atoms with van der Waals surface area (Å²) in [7, 11) is 0. The molecular formula is C47H100O2. The maximum absolute atomic E-state index is 5.33. The SMILES string of the molecule is CC1CCC(C)CC1.CC1CCCC(C)C1.CC1CCCCC1C.CCC(C)(C)C.CCCC(C)CC.CCCCOCCOCCCC. The van der Waals surface area contributed by atoms with Crippen LogP contribution in [0.4, 0.5) is 0 Å². The summed E-state index contributed by atoms with van der Waals surface area (Å²) in [4.78, 5) is 0. The van der Waals surface area contributed by atoms with Crippen LogP contribution in [0.1, 0.15) is 232 Å². The average molecular weight is 697 g/mol. The first-order valence-electron chi connectivity index (χ1n) is 22.3. The van der Waals surface area contributed by atoms with Gasteiger partial charge in [-0.1, -0.05) is 213 Å². The third-order valence-corrected chi connectivity index (χ3v) is 11.2. The Bertz CT molecular complexity index is 564. The van der Waals surface area contributed by atoms with Crippen LogP contribution < -0.4 is 0 Å². The predicted molar refractivity (Wildman–Crippen MR) is 226 cm³/mol. The fourth-order valence-corrected chi connectivity index (χ4v) is 6.18. The molecule has 0 amide bonds. The van der Waals surface area contributed by atoms with Gasteiger partial charge >= 0.3 is 0 Å². The lowest BCUT2D eigenvalue weighted by Gasteiger charge is -2.24. The number of rotatable bonds is 12. The van der Waals surface area contributed by atoms with Gasteiger partial charge in [0.05, 0.1) is 13.2 Å². The minimum Gasteiger partial charge on any atom is -0.379 e. The molecule has 0 aromatic carbocycles. The molecule has 0 heterocycles. The van der Waals surface area contributed by atoms with E-state index in [1.807, 2.05) is 0 Å². The molecular weight excluding hydrogens is 597 g/mol. The summed E-state index contributed by atoms with van der Waals surface area (Å²) >= 11 is 0. The van der Waals surface area contributed by atoms with Crippen LogP contribution in [0.25, 0.3) is 0 Å². The molecule has 3 rings (SSSR count). The summed E-state index contributed by atoms with van der Waals surface area (Å²) in [5, 5.41) is 0. The summed E-state index contributed by atoms with van der Waals surface area (Å²) < 4.78 is 10.7. The van der Waals surface area contributed by atoms with E-state index in [1.165, 1.54) is 116 Å². The lowest BCUT2D eigenvalue weighted by molar-refractivity contribution is 0.0457. The molecule has 5 unspecified atom stereocenters. The van der Waals surface area contributed by atoms with E-state index in [1.54, 1.807) is 0 Å². The van der Waals surface area contributed by atoms with E-state index in [-0.39, 0.29) is 0 Å². The van der Waals surface area contributed by atoms with Crippen molar-refractivity contribution in [2.45, 2.75) is 232 Å². The van der Waals surface area contributed by atoms with Crippen LogP contribution in [0.15, 0.2) is 0 Å². The van der Waals surface area contributed by atoms with Crippen LogP contribution >= 0.6 is 0 Å². The number of hydrogen-bond acceptors (Lipinski definition) is 2. The molecule has 0 aromatic rings. The number of hydrogen-bond donors (Lipinski definition) is 0. The topological polar surface area (TPSA) is 18.5 Å². The van der Waals surface area contributed by atoms with Gasteiger partial charge in [0.25, 0.3) is 0 Å². The Morgan fingerprint density at radius 3 is 1.12 bits per heavy atom. The maximum atomic E-state index is 5.33. The van der Waals surface area contributed by atoms with Crippen molar-refractivity contribution in [1.82, 2.24) is 0 Å². The molecule has 0 aliphatic heterocycles. The van der Waals surface area contributed by atoms with E-state index in [4.69, 9.17) is 9.47 Å². The molecule has 300 valence electrons. The third-order valence-electron chi connectivity index (χ3n) is 11.2. The van der Waals surface area contributed by atoms with Crippen molar-refractivity contribution in [3.63, 3.8) is 0 Å². The Morgan fingerprint density at radius 2 is 0.898 bits per heavy atom. The van der Waals surface area contributed by atoms with Crippen molar-refractivity contribution in [3.8, 4) is 0 Å². The van der Waals surface area contributed by atoms with E-state index in [9.17, 15) is 0 Å². The fraction of sp³-hybridized carbons (Fsp3) is 1.00. The van der Waals surface area contributed by atoms with E-state index < -0.39 is 0 Å². The lowest BCUT2D eigenvalue weighted by atomic mass is 9.82. The van der Waals surface area contributed by atoms with E-state index in [0.717, 1.165) is 80.7 Å². The predicted octanol–water partition coefficient (Wildman–Crippen LogP) is 16.4. The first-order valence-corrected chi connectivity index (χ1v) is 22.3. The molecule has 2 heteroatoms. The Labute approximate surface area is 314 Å². The molecule has 3 aliphatic rings. The van der Waals surface area contributed by atoms with Crippen LogP contribution in [0, 0.1) is 46.8 Å². The van der Waals surface area contributed by atoms with Crippen molar-refractivity contribution in [3.05, 3.63) is 0 Å². The molecule has 3 saturated carbocycles. The normalized spacial score (nSPS) is 25.5. The minimum atomic E-state index is 0.542. The fourth-order valence-electron chi connectivity index (χ4n) is 6.18. The lowest BCUT2D eigenvalue weighted by Crippen LogP contribution is -2.12. The second-order valence-electron chi connectivity index (χ2n) is 18.1. The maximum Gasteiger partial charge on any atom is 0.0700 e. The van der Waals surface area contributed by atoms with E-state index in [0.29, 0.717) is 5.41 Å². The van der Waals surface area contributed by atoms with Gasteiger partial charge in [-0.25, -0.2) is 0 Å². The van der Waals surface area contributed by atoms with Crippen molar-refractivity contribution < 1.29 is 9.47 Å². The molecule has 3 aliphatic carbocycles. The highest BCUT2D eigenvalue weighted by atomic mass is 16.5. The second-order valence-corrected chi connectivity index (χ2v) is 18.1. The summed E-state index contributed by atoms with van der Waals surface area (Å²) in [5.74, 6) is 7.02. The zero-order valence-electron chi connectivity index (χ0n) is 37.3. The van der Waals surface area contributed by atoms with Crippen LogP contribution in [-0.2, 0) is 9.47 Å². The molecule has 0 bridgehead atoms. The van der Waals surface area contributed by atoms with Crippen LogP contribution in [0.5, 0.6) is 0 Å². The molecule has 2 nitrogen and oxygen atoms in total. The monoisotopic (exact) mass is 697 g/mol. The molecule has 0 spiro atoms. The average Bonchev–Trinajstić information content (AvgIpc) is 3.06. The molecule has 0 aromatic heterocycles. The zero-order valence-corrected chi connectivity index (χ0v) is 37.3. The van der Waals surface area contributed by atoms with Gasteiger partial charge in [-0.05, 0) is 66.1 Å².